The van der Waals surface area contributed by atoms with Gasteiger partial charge in [-0.1, -0.05) is 18.8 Å². The van der Waals surface area contributed by atoms with Gasteiger partial charge in [0.05, 0.1) is 30.4 Å². The van der Waals surface area contributed by atoms with Crippen LogP contribution < -0.4 is 4.90 Å². The van der Waals surface area contributed by atoms with Crippen molar-refractivity contribution in [3.8, 4) is 11.8 Å². The third-order valence-corrected chi connectivity index (χ3v) is 7.47. The summed E-state index contributed by atoms with van der Waals surface area (Å²) in [6.45, 7) is 11.5. The standard InChI is InChI=1S/C27H38N2O5S/c1-18-7-9-20(10-8-18)25(31)29(17-23(30)28-13-14-34-19(2)16-28)22-15-21(11-12-27(3,4)5)35-24(22)26(32)33-6/h15,18-20H,7-10,13-14,16-17H2,1-6H3. The van der Waals surface area contributed by atoms with Crippen molar-refractivity contribution in [3.05, 3.63) is 15.8 Å². The highest BCUT2D eigenvalue weighted by molar-refractivity contribution is 7.15. The van der Waals surface area contributed by atoms with Crippen LogP contribution in [0.25, 0.3) is 0 Å². The summed E-state index contributed by atoms with van der Waals surface area (Å²) in [5, 5.41) is 0. The number of esters is 1. The van der Waals surface area contributed by atoms with Gasteiger partial charge < -0.3 is 19.3 Å². The fourth-order valence-electron chi connectivity index (χ4n) is 4.42. The SMILES string of the molecule is COC(=O)c1sc(C#CC(C)(C)C)cc1N(CC(=O)N1CCOC(C)C1)C(=O)C1CCC(C)CC1. The molecule has 0 spiro atoms. The predicted molar refractivity (Wildman–Crippen MR) is 137 cm³/mol. The molecule has 2 amide bonds. The zero-order chi connectivity index (χ0) is 25.8. The third kappa shape index (κ3) is 7.31. The average molecular weight is 503 g/mol. The van der Waals surface area contributed by atoms with Crippen LogP contribution >= 0.6 is 11.3 Å². The molecule has 1 aromatic heterocycles. The largest absolute Gasteiger partial charge is 0.465 e. The van der Waals surface area contributed by atoms with Crippen molar-refractivity contribution in [1.82, 2.24) is 4.90 Å². The van der Waals surface area contributed by atoms with E-state index in [-0.39, 0.29) is 35.8 Å². The highest BCUT2D eigenvalue weighted by atomic mass is 32.1. The number of carbonyl (C=O) groups excluding carboxylic acids is 3. The molecule has 0 aromatic carbocycles. The number of thiophene rings is 1. The van der Waals surface area contributed by atoms with E-state index in [1.54, 1.807) is 11.0 Å². The molecule has 192 valence electrons. The first-order valence-electron chi connectivity index (χ1n) is 12.4. The first kappa shape index (κ1) is 27.2. The minimum Gasteiger partial charge on any atom is -0.465 e. The number of nitrogens with zero attached hydrogens (tertiary/aromatic N) is 2. The van der Waals surface area contributed by atoms with Crippen LogP contribution in [0.15, 0.2) is 6.07 Å². The number of morpholine rings is 1. The van der Waals surface area contributed by atoms with Gasteiger partial charge in [0.15, 0.2) is 0 Å². The number of hydrogen-bond donors (Lipinski definition) is 0. The summed E-state index contributed by atoms with van der Waals surface area (Å²) in [5.74, 6) is 5.96. The number of anilines is 1. The summed E-state index contributed by atoms with van der Waals surface area (Å²) < 4.78 is 10.6. The monoisotopic (exact) mass is 502 g/mol. The van der Waals surface area contributed by atoms with E-state index in [1.165, 1.54) is 23.3 Å². The minimum absolute atomic E-state index is 0.0530. The first-order valence-corrected chi connectivity index (χ1v) is 13.3. The lowest BCUT2D eigenvalue weighted by Gasteiger charge is -2.34. The van der Waals surface area contributed by atoms with E-state index in [9.17, 15) is 14.4 Å². The first-order chi connectivity index (χ1) is 16.5. The summed E-state index contributed by atoms with van der Waals surface area (Å²) in [5.41, 5.74) is 0.200. The molecule has 0 bridgehead atoms. The molecule has 2 fully saturated rings. The van der Waals surface area contributed by atoms with Crippen molar-refractivity contribution in [3.63, 3.8) is 0 Å². The second-order valence-electron chi connectivity index (χ2n) is 10.7. The lowest BCUT2D eigenvalue weighted by molar-refractivity contribution is -0.138. The van der Waals surface area contributed by atoms with Gasteiger partial charge in [0.2, 0.25) is 11.8 Å². The van der Waals surface area contributed by atoms with Crippen LogP contribution in [0.2, 0.25) is 0 Å². The molecular weight excluding hydrogens is 464 g/mol. The number of amides is 2. The third-order valence-electron chi connectivity index (χ3n) is 6.45. The summed E-state index contributed by atoms with van der Waals surface area (Å²) in [6.07, 6.45) is 3.48. The molecule has 0 radical (unpaired) electrons. The molecule has 2 heterocycles. The smallest absolute Gasteiger partial charge is 0.350 e. The topological polar surface area (TPSA) is 76.2 Å². The Hall–Kier alpha value is -2.37. The van der Waals surface area contributed by atoms with Gasteiger partial charge in [-0.2, -0.15) is 0 Å². The van der Waals surface area contributed by atoms with Crippen molar-refractivity contribution < 1.29 is 23.9 Å². The molecule has 2 aliphatic rings. The summed E-state index contributed by atoms with van der Waals surface area (Å²) in [7, 11) is 1.32. The molecule has 1 saturated heterocycles. The van der Waals surface area contributed by atoms with Crippen LogP contribution in [0, 0.1) is 29.1 Å². The lowest BCUT2D eigenvalue weighted by Crippen LogP contribution is -2.50. The number of ether oxygens (including phenoxy) is 2. The zero-order valence-corrected chi connectivity index (χ0v) is 22.6. The maximum absolute atomic E-state index is 13.8. The van der Waals surface area contributed by atoms with E-state index in [0.29, 0.717) is 41.1 Å². The Balaban J connectivity index is 1.98. The average Bonchev–Trinajstić information content (AvgIpc) is 3.24. The van der Waals surface area contributed by atoms with Crippen molar-refractivity contribution in [1.29, 1.82) is 0 Å². The number of methoxy groups -OCH3 is 1. The highest BCUT2D eigenvalue weighted by Crippen LogP contribution is 2.35. The lowest BCUT2D eigenvalue weighted by atomic mass is 9.82. The Labute approximate surface area is 213 Å². The normalized spacial score (nSPS) is 22.7. The fraction of sp³-hybridized carbons (Fsp3) is 0.667. The number of rotatable bonds is 5. The summed E-state index contributed by atoms with van der Waals surface area (Å²) in [6, 6.07) is 1.76. The fourth-order valence-corrected chi connectivity index (χ4v) is 5.35. The van der Waals surface area contributed by atoms with Gasteiger partial charge in [-0.15, -0.1) is 11.3 Å². The Morgan fingerprint density at radius 1 is 1.20 bits per heavy atom. The predicted octanol–water partition coefficient (Wildman–Crippen LogP) is 4.34. The van der Waals surface area contributed by atoms with Crippen LogP contribution in [0.3, 0.4) is 0 Å². The van der Waals surface area contributed by atoms with Crippen LogP contribution in [0.4, 0.5) is 5.69 Å². The number of carbonyl (C=O) groups is 3. The molecule has 1 saturated carbocycles. The molecule has 1 aromatic rings. The zero-order valence-electron chi connectivity index (χ0n) is 21.8. The number of hydrogen-bond acceptors (Lipinski definition) is 6. The molecule has 35 heavy (non-hydrogen) atoms. The maximum Gasteiger partial charge on any atom is 0.350 e. The quantitative estimate of drug-likeness (QED) is 0.442. The molecule has 0 N–H and O–H groups in total. The second kappa shape index (κ2) is 11.6. The van der Waals surface area contributed by atoms with Crippen molar-refractivity contribution in [2.75, 3.05) is 38.3 Å². The Bertz CT molecular complexity index is 991. The molecule has 8 heteroatoms. The van der Waals surface area contributed by atoms with E-state index in [1.807, 2.05) is 27.7 Å². The van der Waals surface area contributed by atoms with Crippen LogP contribution in [-0.2, 0) is 19.1 Å². The molecule has 1 atom stereocenters. The Morgan fingerprint density at radius 2 is 1.89 bits per heavy atom. The van der Waals surface area contributed by atoms with E-state index in [4.69, 9.17) is 9.47 Å². The maximum atomic E-state index is 13.8. The molecule has 1 unspecified atom stereocenters. The molecule has 3 rings (SSSR count). The van der Waals surface area contributed by atoms with Gasteiger partial charge in [-0.3, -0.25) is 9.59 Å². The van der Waals surface area contributed by atoms with Gasteiger partial charge in [-0.25, -0.2) is 4.79 Å². The summed E-state index contributed by atoms with van der Waals surface area (Å²) in [4.78, 5) is 44.1. The van der Waals surface area contributed by atoms with E-state index in [2.05, 4.69) is 18.8 Å². The molecule has 1 aliphatic carbocycles. The van der Waals surface area contributed by atoms with Gasteiger partial charge in [0, 0.05) is 24.4 Å². The van der Waals surface area contributed by atoms with Crippen LogP contribution in [0.5, 0.6) is 0 Å². The van der Waals surface area contributed by atoms with Crippen molar-refractivity contribution in [2.24, 2.45) is 17.3 Å². The van der Waals surface area contributed by atoms with E-state index < -0.39 is 5.97 Å². The van der Waals surface area contributed by atoms with Gasteiger partial charge >= 0.3 is 5.97 Å². The molecular formula is C27H38N2O5S. The Morgan fingerprint density at radius 3 is 2.49 bits per heavy atom. The van der Waals surface area contributed by atoms with Gasteiger partial charge in [-0.05, 0) is 65.4 Å². The van der Waals surface area contributed by atoms with E-state index in [0.717, 1.165) is 25.7 Å². The van der Waals surface area contributed by atoms with Crippen LogP contribution in [-0.4, -0.2) is 62.1 Å². The van der Waals surface area contributed by atoms with Gasteiger partial charge in [0.25, 0.3) is 0 Å². The Kier molecular flexibility index (Phi) is 9.00. The van der Waals surface area contributed by atoms with Crippen molar-refractivity contribution >= 4 is 34.8 Å². The summed E-state index contributed by atoms with van der Waals surface area (Å²) >= 11 is 1.20. The van der Waals surface area contributed by atoms with E-state index >= 15 is 0 Å². The van der Waals surface area contributed by atoms with Crippen LogP contribution in [0.1, 0.15) is 74.9 Å². The van der Waals surface area contributed by atoms with Crippen molar-refractivity contribution in [2.45, 2.75) is 66.4 Å². The molecule has 7 nitrogen and oxygen atoms in total. The molecule has 1 aliphatic heterocycles. The minimum atomic E-state index is -0.531. The second-order valence-corrected chi connectivity index (χ2v) is 11.8. The van der Waals surface area contributed by atoms with Gasteiger partial charge in [0.1, 0.15) is 11.4 Å². The highest BCUT2D eigenvalue weighted by Gasteiger charge is 2.34.